The SMILES string of the molecule is CCCCc1nnc(SC(C)C(=O)Nc2cc(Cl)c(Cl)cc2Cl)n1N. The summed E-state index contributed by atoms with van der Waals surface area (Å²) in [4.78, 5) is 12.4. The van der Waals surface area contributed by atoms with Crippen LogP contribution in [0.15, 0.2) is 17.3 Å². The molecule has 10 heteroatoms. The number of nitrogens with one attached hydrogen (secondary N) is 1. The minimum absolute atomic E-state index is 0.261. The van der Waals surface area contributed by atoms with Crippen LogP contribution in [0.2, 0.25) is 15.1 Å². The molecule has 25 heavy (non-hydrogen) atoms. The lowest BCUT2D eigenvalue weighted by Gasteiger charge is -2.13. The largest absolute Gasteiger partial charge is 0.336 e. The Labute approximate surface area is 165 Å². The molecule has 2 aromatic rings. The van der Waals surface area contributed by atoms with Crippen LogP contribution in [0.3, 0.4) is 0 Å². The second-order valence-corrected chi connectivity index (χ2v) is 7.90. The van der Waals surface area contributed by atoms with E-state index in [1.165, 1.54) is 28.6 Å². The summed E-state index contributed by atoms with van der Waals surface area (Å²) >= 11 is 19.1. The molecule has 0 saturated heterocycles. The molecule has 1 amide bonds. The standard InChI is InChI=1S/C15H18Cl3N5OS/c1-3-4-5-13-21-22-15(23(13)19)25-8(2)14(24)20-12-7-10(17)9(16)6-11(12)18/h6-8H,3-5,19H2,1-2H3,(H,20,24). The van der Waals surface area contributed by atoms with E-state index in [4.69, 9.17) is 40.6 Å². The Morgan fingerprint density at radius 3 is 2.64 bits per heavy atom. The van der Waals surface area contributed by atoms with Gasteiger partial charge in [0.05, 0.1) is 26.0 Å². The van der Waals surface area contributed by atoms with E-state index < -0.39 is 5.25 Å². The normalized spacial score (nSPS) is 12.2. The summed E-state index contributed by atoms with van der Waals surface area (Å²) in [5, 5.41) is 11.8. The molecule has 0 saturated carbocycles. The summed E-state index contributed by atoms with van der Waals surface area (Å²) in [5.74, 6) is 6.43. The third kappa shape index (κ3) is 5.17. The van der Waals surface area contributed by atoms with E-state index in [0.29, 0.717) is 31.7 Å². The van der Waals surface area contributed by atoms with E-state index in [9.17, 15) is 4.79 Å². The molecule has 1 atom stereocenters. The molecular weight excluding hydrogens is 405 g/mol. The first-order valence-electron chi connectivity index (χ1n) is 7.64. The fraction of sp³-hybridized carbons (Fsp3) is 0.400. The minimum Gasteiger partial charge on any atom is -0.336 e. The predicted octanol–water partition coefficient (Wildman–Crippen LogP) is 4.41. The Bertz CT molecular complexity index is 768. The first-order chi connectivity index (χ1) is 11.8. The number of rotatable bonds is 7. The Kier molecular flexibility index (Phi) is 7.25. The van der Waals surface area contributed by atoms with Gasteiger partial charge < -0.3 is 11.2 Å². The molecule has 1 aromatic carbocycles. The first-order valence-corrected chi connectivity index (χ1v) is 9.66. The third-order valence-corrected chi connectivity index (χ3v) is 5.50. The molecule has 0 aliphatic rings. The van der Waals surface area contributed by atoms with E-state index >= 15 is 0 Å². The summed E-state index contributed by atoms with van der Waals surface area (Å²) in [5.41, 5.74) is 0.395. The third-order valence-electron chi connectivity index (χ3n) is 3.41. The lowest BCUT2D eigenvalue weighted by molar-refractivity contribution is -0.115. The van der Waals surface area contributed by atoms with E-state index in [1.54, 1.807) is 6.92 Å². The Balaban J connectivity index is 2.03. The maximum absolute atomic E-state index is 12.4. The summed E-state index contributed by atoms with van der Waals surface area (Å²) in [6, 6.07) is 2.99. The van der Waals surface area contributed by atoms with E-state index in [2.05, 4.69) is 22.4 Å². The number of hydrogen-bond acceptors (Lipinski definition) is 5. The van der Waals surface area contributed by atoms with E-state index in [-0.39, 0.29) is 5.91 Å². The summed E-state index contributed by atoms with van der Waals surface area (Å²) in [6.07, 6.45) is 2.77. The van der Waals surface area contributed by atoms with Crippen LogP contribution >= 0.6 is 46.6 Å². The number of nitrogens with two attached hydrogens (primary N) is 1. The average Bonchev–Trinajstić information content (AvgIpc) is 2.90. The van der Waals surface area contributed by atoms with Gasteiger partial charge in [-0.3, -0.25) is 4.79 Å². The monoisotopic (exact) mass is 421 g/mol. The first kappa shape index (κ1) is 20.2. The predicted molar refractivity (Wildman–Crippen MR) is 104 cm³/mol. The van der Waals surface area contributed by atoms with Crippen LogP contribution in [0, 0.1) is 0 Å². The number of unbranched alkanes of at least 4 members (excludes halogenated alkanes) is 1. The van der Waals surface area contributed by atoms with Crippen molar-refractivity contribution >= 4 is 58.2 Å². The van der Waals surface area contributed by atoms with Crippen molar-refractivity contribution in [2.24, 2.45) is 0 Å². The van der Waals surface area contributed by atoms with Crippen molar-refractivity contribution in [2.75, 3.05) is 11.2 Å². The van der Waals surface area contributed by atoms with Gasteiger partial charge >= 0.3 is 0 Å². The average molecular weight is 423 g/mol. The van der Waals surface area contributed by atoms with Crippen LogP contribution < -0.4 is 11.2 Å². The molecule has 1 aromatic heterocycles. The molecule has 2 rings (SSSR count). The smallest absolute Gasteiger partial charge is 0.237 e. The van der Waals surface area contributed by atoms with Crippen molar-refractivity contribution in [1.82, 2.24) is 14.9 Å². The van der Waals surface area contributed by atoms with Gasteiger partial charge in [0.1, 0.15) is 0 Å². The topological polar surface area (TPSA) is 85.8 Å². The molecule has 3 N–H and O–H groups in total. The van der Waals surface area contributed by atoms with Crippen LogP contribution in [0.25, 0.3) is 0 Å². The van der Waals surface area contributed by atoms with Crippen molar-refractivity contribution in [3.8, 4) is 0 Å². The van der Waals surface area contributed by atoms with Crippen LogP contribution in [-0.4, -0.2) is 26.0 Å². The Hall–Kier alpha value is -1.15. The van der Waals surface area contributed by atoms with Crippen LogP contribution in [0.1, 0.15) is 32.5 Å². The van der Waals surface area contributed by atoms with Gasteiger partial charge in [-0.15, -0.1) is 10.2 Å². The van der Waals surface area contributed by atoms with Crippen molar-refractivity contribution in [3.05, 3.63) is 33.0 Å². The number of carbonyl (C=O) groups excluding carboxylic acids is 1. The highest BCUT2D eigenvalue weighted by molar-refractivity contribution is 8.00. The zero-order valence-corrected chi connectivity index (χ0v) is 16.8. The molecule has 0 radical (unpaired) electrons. The molecule has 0 aliphatic heterocycles. The van der Waals surface area contributed by atoms with Crippen LogP contribution in [-0.2, 0) is 11.2 Å². The number of aryl methyl sites for hydroxylation is 1. The minimum atomic E-state index is -0.462. The highest BCUT2D eigenvalue weighted by Crippen LogP contribution is 2.33. The number of hydrogen-bond donors (Lipinski definition) is 2. The highest BCUT2D eigenvalue weighted by Gasteiger charge is 2.20. The molecule has 6 nitrogen and oxygen atoms in total. The van der Waals surface area contributed by atoms with Gasteiger partial charge in [-0.25, -0.2) is 4.68 Å². The summed E-state index contributed by atoms with van der Waals surface area (Å²) in [7, 11) is 0. The fourth-order valence-corrected chi connectivity index (χ4v) is 3.34. The summed E-state index contributed by atoms with van der Waals surface area (Å²) in [6.45, 7) is 3.83. The van der Waals surface area contributed by atoms with Gasteiger partial charge in [-0.1, -0.05) is 59.9 Å². The number of thioether (sulfide) groups is 1. The number of nitrogens with zero attached hydrogens (tertiary/aromatic N) is 3. The molecule has 0 bridgehead atoms. The lowest BCUT2D eigenvalue weighted by atomic mass is 10.2. The molecule has 0 fully saturated rings. The second-order valence-electron chi connectivity index (χ2n) is 5.37. The summed E-state index contributed by atoms with van der Waals surface area (Å²) < 4.78 is 1.43. The second kappa shape index (κ2) is 8.98. The lowest BCUT2D eigenvalue weighted by Crippen LogP contribution is -2.24. The maximum atomic E-state index is 12.4. The Morgan fingerprint density at radius 2 is 1.96 bits per heavy atom. The van der Waals surface area contributed by atoms with Gasteiger partial charge in [-0.05, 0) is 25.5 Å². The number of benzene rings is 1. The van der Waals surface area contributed by atoms with Crippen molar-refractivity contribution in [3.63, 3.8) is 0 Å². The molecule has 1 heterocycles. The Morgan fingerprint density at radius 1 is 1.28 bits per heavy atom. The number of halogens is 3. The molecule has 1 unspecified atom stereocenters. The maximum Gasteiger partial charge on any atom is 0.237 e. The number of amides is 1. The van der Waals surface area contributed by atoms with Crippen LogP contribution in [0.4, 0.5) is 5.69 Å². The van der Waals surface area contributed by atoms with E-state index in [0.717, 1.165) is 19.3 Å². The number of nitrogen functional groups attached to an aromatic ring is 1. The van der Waals surface area contributed by atoms with Gasteiger partial charge in [0.15, 0.2) is 5.82 Å². The molecular formula is C15H18Cl3N5OS. The number of anilines is 1. The van der Waals surface area contributed by atoms with Gasteiger partial charge in [0.2, 0.25) is 11.1 Å². The van der Waals surface area contributed by atoms with Gasteiger partial charge in [0.25, 0.3) is 0 Å². The zero-order valence-electron chi connectivity index (χ0n) is 13.7. The number of carbonyl (C=O) groups is 1. The van der Waals surface area contributed by atoms with Gasteiger partial charge in [0, 0.05) is 6.42 Å². The zero-order chi connectivity index (χ0) is 18.6. The molecule has 0 spiro atoms. The molecule has 0 aliphatic carbocycles. The van der Waals surface area contributed by atoms with Crippen molar-refractivity contribution in [2.45, 2.75) is 43.5 Å². The van der Waals surface area contributed by atoms with E-state index in [1.807, 2.05) is 0 Å². The molecule has 136 valence electrons. The van der Waals surface area contributed by atoms with Crippen LogP contribution in [0.5, 0.6) is 0 Å². The van der Waals surface area contributed by atoms with Gasteiger partial charge in [-0.2, -0.15) is 0 Å². The number of aromatic nitrogens is 3. The quantitative estimate of drug-likeness (QED) is 0.392. The highest BCUT2D eigenvalue weighted by atomic mass is 35.5. The van der Waals surface area contributed by atoms with Crippen molar-refractivity contribution < 1.29 is 4.79 Å². The van der Waals surface area contributed by atoms with Crippen molar-refractivity contribution in [1.29, 1.82) is 0 Å². The fourth-order valence-electron chi connectivity index (χ4n) is 1.96.